The molecular formula is C8H20N2O6P+. The average molecular weight is 271 g/mol. The number of amides is 2. The summed E-state index contributed by atoms with van der Waals surface area (Å²) in [6.07, 6.45) is -1.08. The highest BCUT2D eigenvalue weighted by Gasteiger charge is 2.34. The van der Waals surface area contributed by atoms with Crippen LogP contribution >= 0.6 is 7.26 Å². The highest BCUT2D eigenvalue weighted by Crippen LogP contribution is 2.54. The second-order valence-corrected chi connectivity index (χ2v) is 7.15. The Morgan fingerprint density at radius 3 is 1.06 bits per heavy atom. The van der Waals surface area contributed by atoms with E-state index in [-0.39, 0.29) is 38.2 Å². The van der Waals surface area contributed by atoms with Crippen LogP contribution in [0.1, 0.15) is 12.8 Å². The van der Waals surface area contributed by atoms with Crippen LogP contribution in [0, 0.1) is 0 Å². The molecule has 0 rings (SSSR count). The van der Waals surface area contributed by atoms with E-state index in [2.05, 4.69) is 0 Å². The summed E-state index contributed by atoms with van der Waals surface area (Å²) in [6, 6.07) is 0. The van der Waals surface area contributed by atoms with E-state index in [1.807, 2.05) is 0 Å². The van der Waals surface area contributed by atoms with Gasteiger partial charge in [-0.25, -0.2) is 0 Å². The molecule has 17 heavy (non-hydrogen) atoms. The normalized spacial score (nSPS) is 10.4. The summed E-state index contributed by atoms with van der Waals surface area (Å²) in [5.41, 5.74) is 9.39. The zero-order valence-corrected chi connectivity index (χ0v) is 10.3. The predicted molar refractivity (Wildman–Crippen MR) is 62.9 cm³/mol. The maximum absolute atomic E-state index is 9.92. The van der Waals surface area contributed by atoms with Gasteiger partial charge in [0.05, 0.1) is 0 Å². The fourth-order valence-electron chi connectivity index (χ4n) is 0.515. The first-order valence-electron chi connectivity index (χ1n) is 4.72. The van der Waals surface area contributed by atoms with Crippen LogP contribution in [0.4, 0.5) is 0 Å². The molecule has 9 heteroatoms. The fraction of sp³-hybridized carbons (Fsp3) is 0.750. The van der Waals surface area contributed by atoms with Gasteiger partial charge in [-0.3, -0.25) is 9.59 Å². The molecule has 2 amide bonds. The molecule has 8 nitrogen and oxygen atoms in total. The second kappa shape index (κ2) is 10.4. The Morgan fingerprint density at radius 1 is 0.765 bits per heavy atom. The van der Waals surface area contributed by atoms with Crippen molar-refractivity contribution in [1.29, 1.82) is 0 Å². The van der Waals surface area contributed by atoms with Gasteiger partial charge in [-0.2, -0.15) is 0 Å². The van der Waals surface area contributed by atoms with Gasteiger partial charge in [0.1, 0.15) is 7.26 Å². The predicted octanol–water partition coefficient (Wildman–Crippen LogP) is -2.46. The minimum absolute atomic E-state index is 0.0509. The van der Waals surface area contributed by atoms with Gasteiger partial charge >= 0.3 is 0 Å². The lowest BCUT2D eigenvalue weighted by Crippen LogP contribution is -2.16. The standard InChI is InChI=1S/C4H8N2O2.C4H12O4P/c5-3(7)1-2-4(6)8;5-1-9(2-6,3-7)4-8/h1-2H2,(H2,5,7)(H2,6,8);5-8H,1-4H2/q;+1. The summed E-state index contributed by atoms with van der Waals surface area (Å²) >= 11 is 0. The van der Waals surface area contributed by atoms with Crippen molar-refractivity contribution in [3.8, 4) is 0 Å². The molecule has 0 saturated carbocycles. The van der Waals surface area contributed by atoms with E-state index in [0.717, 1.165) is 0 Å². The SMILES string of the molecule is NC(=O)CCC(N)=O.OC[P+](CO)(CO)CO. The van der Waals surface area contributed by atoms with Crippen molar-refractivity contribution < 1.29 is 30.0 Å². The smallest absolute Gasteiger partial charge is 0.217 e. The molecule has 0 atom stereocenters. The molecule has 0 aromatic carbocycles. The quantitative estimate of drug-likeness (QED) is 0.281. The minimum atomic E-state index is -2.20. The number of aliphatic hydroxyl groups is 4. The number of rotatable bonds is 7. The van der Waals surface area contributed by atoms with E-state index < -0.39 is 19.1 Å². The molecule has 0 spiro atoms. The average Bonchev–Trinajstić information content (AvgIpc) is 2.31. The zero-order valence-electron chi connectivity index (χ0n) is 9.45. The molecule has 0 aliphatic heterocycles. The number of carbonyl (C=O) groups is 2. The first-order chi connectivity index (χ1) is 7.87. The number of aliphatic hydroxyl groups excluding tert-OH is 4. The molecule has 0 aromatic rings. The van der Waals surface area contributed by atoms with E-state index in [9.17, 15) is 9.59 Å². The van der Waals surface area contributed by atoms with Crippen LogP contribution in [-0.4, -0.2) is 57.6 Å². The van der Waals surface area contributed by atoms with E-state index >= 15 is 0 Å². The molecule has 0 aliphatic carbocycles. The van der Waals surface area contributed by atoms with Crippen molar-refractivity contribution in [3.63, 3.8) is 0 Å². The Labute approximate surface area is 99.6 Å². The van der Waals surface area contributed by atoms with Crippen LogP contribution in [0.5, 0.6) is 0 Å². The molecule has 0 aliphatic rings. The Kier molecular flexibility index (Phi) is 11.3. The molecular weight excluding hydrogens is 251 g/mol. The highest BCUT2D eigenvalue weighted by molar-refractivity contribution is 7.75. The molecule has 8 N–H and O–H groups in total. The zero-order chi connectivity index (χ0) is 13.9. The minimum Gasteiger partial charge on any atom is -0.370 e. The summed E-state index contributed by atoms with van der Waals surface area (Å²) in [5.74, 6) is -0.993. The molecule has 0 fully saturated rings. The molecule has 0 bridgehead atoms. The Bertz CT molecular complexity index is 203. The number of nitrogens with two attached hydrogens (primary N) is 2. The van der Waals surface area contributed by atoms with Gasteiger partial charge in [0.15, 0.2) is 25.4 Å². The molecule has 0 aromatic heterocycles. The van der Waals surface area contributed by atoms with Crippen LogP contribution in [0.3, 0.4) is 0 Å². The Morgan fingerprint density at radius 2 is 1.00 bits per heavy atom. The number of hydrogen-bond donors (Lipinski definition) is 6. The topological polar surface area (TPSA) is 167 Å². The largest absolute Gasteiger partial charge is 0.370 e. The van der Waals surface area contributed by atoms with Crippen molar-refractivity contribution in [1.82, 2.24) is 0 Å². The summed E-state index contributed by atoms with van der Waals surface area (Å²) in [4.78, 5) is 19.8. The number of primary amides is 2. The summed E-state index contributed by atoms with van der Waals surface area (Å²) in [7, 11) is -2.20. The van der Waals surface area contributed by atoms with Gasteiger partial charge in [-0.05, 0) is 0 Å². The van der Waals surface area contributed by atoms with Crippen LogP contribution in [0.25, 0.3) is 0 Å². The van der Waals surface area contributed by atoms with E-state index in [1.54, 1.807) is 0 Å². The maximum atomic E-state index is 9.92. The fourth-order valence-corrected chi connectivity index (χ4v) is 1.05. The molecule has 0 unspecified atom stereocenters. The highest BCUT2D eigenvalue weighted by atomic mass is 31.2. The van der Waals surface area contributed by atoms with Gasteiger partial charge in [-0.1, -0.05) is 0 Å². The van der Waals surface area contributed by atoms with E-state index in [0.29, 0.717) is 0 Å². The molecule has 0 heterocycles. The van der Waals surface area contributed by atoms with Gasteiger partial charge < -0.3 is 31.9 Å². The lowest BCUT2D eigenvalue weighted by atomic mass is 10.3. The van der Waals surface area contributed by atoms with Crippen LogP contribution in [0.15, 0.2) is 0 Å². The van der Waals surface area contributed by atoms with Crippen LogP contribution in [-0.2, 0) is 9.59 Å². The van der Waals surface area contributed by atoms with Crippen molar-refractivity contribution >= 4 is 19.1 Å². The van der Waals surface area contributed by atoms with E-state index in [1.165, 1.54) is 0 Å². The Hall–Kier alpha value is -0.790. The second-order valence-electron chi connectivity index (χ2n) is 3.34. The van der Waals surface area contributed by atoms with Crippen molar-refractivity contribution in [3.05, 3.63) is 0 Å². The van der Waals surface area contributed by atoms with Crippen LogP contribution in [0.2, 0.25) is 0 Å². The third-order valence-electron chi connectivity index (χ3n) is 1.82. The van der Waals surface area contributed by atoms with Crippen LogP contribution < -0.4 is 11.5 Å². The first-order valence-corrected chi connectivity index (χ1v) is 7.25. The third kappa shape index (κ3) is 10.1. The Balaban J connectivity index is 0. The number of hydrogen-bond acceptors (Lipinski definition) is 6. The molecule has 0 saturated heterocycles. The van der Waals surface area contributed by atoms with Gasteiger partial charge in [-0.15, -0.1) is 0 Å². The first kappa shape index (κ1) is 18.6. The number of carbonyl (C=O) groups excluding carboxylic acids is 2. The summed E-state index contributed by atoms with van der Waals surface area (Å²) < 4.78 is 0. The van der Waals surface area contributed by atoms with E-state index in [4.69, 9.17) is 31.9 Å². The molecule has 0 radical (unpaired) electrons. The van der Waals surface area contributed by atoms with Crippen molar-refractivity contribution in [2.24, 2.45) is 11.5 Å². The molecule has 102 valence electrons. The van der Waals surface area contributed by atoms with Gasteiger partial charge in [0.25, 0.3) is 0 Å². The third-order valence-corrected chi connectivity index (χ3v) is 4.22. The lowest BCUT2D eigenvalue weighted by Gasteiger charge is -2.15. The summed E-state index contributed by atoms with van der Waals surface area (Å²) in [5, 5.41) is 34.2. The summed E-state index contributed by atoms with van der Waals surface area (Å²) in [6.45, 7) is 0. The van der Waals surface area contributed by atoms with Gasteiger partial charge in [0.2, 0.25) is 11.8 Å². The van der Waals surface area contributed by atoms with Gasteiger partial charge in [0, 0.05) is 12.8 Å². The monoisotopic (exact) mass is 271 g/mol. The van der Waals surface area contributed by atoms with Crippen molar-refractivity contribution in [2.45, 2.75) is 12.8 Å². The van der Waals surface area contributed by atoms with Crippen molar-refractivity contribution in [2.75, 3.05) is 25.4 Å². The maximum Gasteiger partial charge on any atom is 0.217 e. The lowest BCUT2D eigenvalue weighted by molar-refractivity contribution is -0.123.